The van der Waals surface area contributed by atoms with Crippen molar-refractivity contribution in [3.8, 4) is 0 Å². The van der Waals surface area contributed by atoms with Crippen LogP contribution in [0.4, 0.5) is 0 Å². The second kappa shape index (κ2) is 21.5. The van der Waals surface area contributed by atoms with E-state index in [1.54, 1.807) is 6.92 Å². The molecule has 0 aromatic heterocycles. The predicted octanol–water partition coefficient (Wildman–Crippen LogP) is -7.38. The average molecular weight is 602 g/mol. The fourth-order valence-electron chi connectivity index (χ4n) is 2.34. The predicted molar refractivity (Wildman–Crippen MR) is 139 cm³/mol. The normalized spacial score (nSPS) is 9.67. The molecule has 234 valence electrons. The van der Waals surface area contributed by atoms with Crippen molar-refractivity contribution in [2.24, 2.45) is 0 Å². The molecular weight excluding hydrogens is 566 g/mol. The first-order valence-corrected chi connectivity index (χ1v) is 12.4. The standard InChI is InChI=1S/C22H35N9O11/c1-3-42-22(41)12-31-21(40)11-30-20(39)10-29-19(38)9-28-18(37)8-27-17(36)7-26-16(35)6-25-15(34)5-24-14(33)4-23-13(2)32/h3-12H2,1-2H3,(H,23,32)(H,24,33)(H,25,34)(H,26,35)(H,27,36)(H,28,37)(H,29,38)(H,30,39)(H,31,40). The van der Waals surface area contributed by atoms with Crippen LogP contribution in [0.15, 0.2) is 0 Å². The smallest absolute Gasteiger partial charge is 0.325 e. The van der Waals surface area contributed by atoms with Gasteiger partial charge in [0.1, 0.15) is 6.54 Å². The Hall–Kier alpha value is -5.30. The summed E-state index contributed by atoms with van der Waals surface area (Å²) in [6, 6.07) is 0. The van der Waals surface area contributed by atoms with Crippen molar-refractivity contribution in [3.63, 3.8) is 0 Å². The van der Waals surface area contributed by atoms with Crippen molar-refractivity contribution in [3.05, 3.63) is 0 Å². The van der Waals surface area contributed by atoms with E-state index in [0.717, 1.165) is 0 Å². The van der Waals surface area contributed by atoms with E-state index in [1.165, 1.54) is 6.92 Å². The zero-order chi connectivity index (χ0) is 31.9. The number of carbonyl (C=O) groups is 10. The third kappa shape index (κ3) is 21.6. The summed E-state index contributed by atoms with van der Waals surface area (Å²) in [5.74, 6) is -6.69. The van der Waals surface area contributed by atoms with Crippen LogP contribution in [0, 0.1) is 0 Å². The molecule has 20 heteroatoms. The van der Waals surface area contributed by atoms with Gasteiger partial charge in [-0.2, -0.15) is 0 Å². The van der Waals surface area contributed by atoms with Gasteiger partial charge in [-0.25, -0.2) is 0 Å². The Balaban J connectivity index is 3.95. The van der Waals surface area contributed by atoms with Gasteiger partial charge in [0.25, 0.3) is 0 Å². The van der Waals surface area contributed by atoms with Crippen LogP contribution < -0.4 is 47.9 Å². The van der Waals surface area contributed by atoms with Crippen LogP contribution in [0.5, 0.6) is 0 Å². The first kappa shape index (κ1) is 36.7. The Morgan fingerprint density at radius 1 is 0.381 bits per heavy atom. The molecule has 0 aliphatic heterocycles. The first-order chi connectivity index (χ1) is 19.8. The molecular formula is C22H35N9O11. The molecule has 0 rings (SSSR count). The van der Waals surface area contributed by atoms with E-state index in [-0.39, 0.29) is 19.7 Å². The number of ether oxygens (including phenoxy) is 1. The van der Waals surface area contributed by atoms with Crippen molar-refractivity contribution in [2.45, 2.75) is 13.8 Å². The molecule has 0 saturated heterocycles. The molecule has 0 atom stereocenters. The summed E-state index contributed by atoms with van der Waals surface area (Å²) in [6.07, 6.45) is 0. The van der Waals surface area contributed by atoms with Crippen molar-refractivity contribution in [2.75, 3.05) is 65.5 Å². The SMILES string of the molecule is CCOC(=O)CNC(=O)CNC(=O)CNC(=O)CNC(=O)CNC(=O)CNC(=O)CNC(=O)CNC(=O)CNC(C)=O. The summed E-state index contributed by atoms with van der Waals surface area (Å²) in [4.78, 5) is 115. The highest BCUT2D eigenvalue weighted by atomic mass is 16.5. The number of esters is 1. The number of nitrogens with one attached hydrogen (secondary N) is 9. The fraction of sp³-hybridized carbons (Fsp3) is 0.545. The van der Waals surface area contributed by atoms with E-state index in [4.69, 9.17) is 0 Å². The van der Waals surface area contributed by atoms with E-state index in [9.17, 15) is 47.9 Å². The molecule has 9 amide bonds. The maximum atomic E-state index is 11.8. The molecule has 0 aliphatic rings. The third-order valence-corrected chi connectivity index (χ3v) is 4.36. The summed E-state index contributed by atoms with van der Waals surface area (Å²) in [5.41, 5.74) is 0. The van der Waals surface area contributed by atoms with Crippen LogP contribution in [0.2, 0.25) is 0 Å². The fourth-order valence-corrected chi connectivity index (χ4v) is 2.34. The van der Waals surface area contributed by atoms with Crippen molar-refractivity contribution < 1.29 is 52.7 Å². The largest absolute Gasteiger partial charge is 0.465 e. The number of rotatable bonds is 19. The number of hydrogen-bond acceptors (Lipinski definition) is 11. The van der Waals surface area contributed by atoms with Gasteiger partial charge < -0.3 is 52.6 Å². The van der Waals surface area contributed by atoms with Crippen molar-refractivity contribution in [1.82, 2.24) is 47.9 Å². The zero-order valence-electron chi connectivity index (χ0n) is 23.1. The van der Waals surface area contributed by atoms with Gasteiger partial charge >= 0.3 is 5.97 Å². The van der Waals surface area contributed by atoms with Gasteiger partial charge in [0.2, 0.25) is 53.2 Å². The van der Waals surface area contributed by atoms with Crippen LogP contribution in [0.25, 0.3) is 0 Å². The topological polar surface area (TPSA) is 288 Å². The van der Waals surface area contributed by atoms with Crippen LogP contribution in [-0.4, -0.2) is 125 Å². The summed E-state index contributed by atoms with van der Waals surface area (Å²) < 4.78 is 4.62. The highest BCUT2D eigenvalue weighted by Gasteiger charge is 2.12. The number of hydrogen-bond donors (Lipinski definition) is 9. The molecule has 9 N–H and O–H groups in total. The summed E-state index contributed by atoms with van der Waals surface area (Å²) in [7, 11) is 0. The lowest BCUT2D eigenvalue weighted by molar-refractivity contribution is -0.143. The molecule has 0 aliphatic carbocycles. The average Bonchev–Trinajstić information content (AvgIpc) is 2.95. The monoisotopic (exact) mass is 601 g/mol. The second-order valence-corrected chi connectivity index (χ2v) is 7.93. The molecule has 0 radical (unpaired) electrons. The lowest BCUT2D eigenvalue weighted by Crippen LogP contribution is -2.47. The molecule has 0 unspecified atom stereocenters. The summed E-state index contributed by atoms with van der Waals surface area (Å²) in [6.45, 7) is -1.15. The van der Waals surface area contributed by atoms with Crippen molar-refractivity contribution >= 4 is 59.1 Å². The van der Waals surface area contributed by atoms with Gasteiger partial charge in [-0.15, -0.1) is 0 Å². The minimum absolute atomic E-state index is 0.153. The summed E-state index contributed by atoms with van der Waals surface area (Å²) >= 11 is 0. The Morgan fingerprint density at radius 2 is 0.595 bits per heavy atom. The molecule has 20 nitrogen and oxygen atoms in total. The van der Waals surface area contributed by atoms with Gasteiger partial charge in [-0.05, 0) is 6.92 Å². The zero-order valence-corrected chi connectivity index (χ0v) is 23.1. The molecule has 0 fully saturated rings. The summed E-state index contributed by atoms with van der Waals surface area (Å²) in [5, 5.41) is 19.9. The molecule has 0 aromatic rings. The van der Waals surface area contributed by atoms with Gasteiger partial charge in [0.05, 0.1) is 59.0 Å². The van der Waals surface area contributed by atoms with E-state index >= 15 is 0 Å². The van der Waals surface area contributed by atoms with Crippen LogP contribution in [0.1, 0.15) is 13.8 Å². The number of carbonyl (C=O) groups excluding carboxylic acids is 10. The highest BCUT2D eigenvalue weighted by Crippen LogP contribution is 1.77. The number of amides is 9. The molecule has 0 bridgehead atoms. The Kier molecular flexibility index (Phi) is 18.8. The molecule has 0 spiro atoms. The maximum Gasteiger partial charge on any atom is 0.325 e. The molecule has 0 heterocycles. The van der Waals surface area contributed by atoms with Crippen LogP contribution >= 0.6 is 0 Å². The second-order valence-electron chi connectivity index (χ2n) is 7.93. The van der Waals surface area contributed by atoms with Gasteiger partial charge in [-0.1, -0.05) is 0 Å². The van der Waals surface area contributed by atoms with E-state index in [2.05, 4.69) is 52.6 Å². The van der Waals surface area contributed by atoms with E-state index in [0.29, 0.717) is 0 Å². The van der Waals surface area contributed by atoms with Gasteiger partial charge in [0, 0.05) is 6.92 Å². The molecule has 0 saturated carbocycles. The molecule has 42 heavy (non-hydrogen) atoms. The first-order valence-electron chi connectivity index (χ1n) is 12.4. The highest BCUT2D eigenvalue weighted by molar-refractivity contribution is 5.93. The quantitative estimate of drug-likeness (QED) is 0.0627. The Labute approximate surface area is 239 Å². The lowest BCUT2D eigenvalue weighted by Gasteiger charge is -2.10. The maximum absolute atomic E-state index is 11.8. The molecule has 0 aromatic carbocycles. The van der Waals surface area contributed by atoms with Crippen molar-refractivity contribution in [1.29, 1.82) is 0 Å². The lowest BCUT2D eigenvalue weighted by atomic mass is 10.4. The minimum Gasteiger partial charge on any atom is -0.465 e. The Bertz CT molecular complexity index is 1030. The van der Waals surface area contributed by atoms with Crippen LogP contribution in [-0.2, 0) is 52.7 Å². The van der Waals surface area contributed by atoms with Crippen LogP contribution in [0.3, 0.4) is 0 Å². The van der Waals surface area contributed by atoms with E-state index < -0.39 is 105 Å². The Morgan fingerprint density at radius 3 is 0.810 bits per heavy atom. The van der Waals surface area contributed by atoms with E-state index in [1.807, 2.05) is 0 Å². The minimum atomic E-state index is -0.750. The van der Waals surface area contributed by atoms with Gasteiger partial charge in [0.15, 0.2) is 0 Å². The third-order valence-electron chi connectivity index (χ3n) is 4.36. The van der Waals surface area contributed by atoms with Gasteiger partial charge in [-0.3, -0.25) is 47.9 Å².